The van der Waals surface area contributed by atoms with Crippen molar-refractivity contribution in [3.8, 4) is 5.75 Å². The standard InChI is InChI=1S/C13H19N3O/c1-3-17-12-6-4-5-11(7-12)9-15-13-14-8-10(2)16-13/h4-7,10H,3,8-9H2,1-2H3,(H2,14,15,16). The molecule has 1 aromatic rings. The fourth-order valence-corrected chi connectivity index (χ4v) is 1.76. The molecular weight excluding hydrogens is 214 g/mol. The maximum Gasteiger partial charge on any atom is 0.191 e. The lowest BCUT2D eigenvalue weighted by molar-refractivity contribution is 0.340. The van der Waals surface area contributed by atoms with Gasteiger partial charge in [0, 0.05) is 12.6 Å². The summed E-state index contributed by atoms with van der Waals surface area (Å²) in [5.74, 6) is 1.81. The minimum absolute atomic E-state index is 0.437. The van der Waals surface area contributed by atoms with Gasteiger partial charge in [0.15, 0.2) is 5.96 Å². The molecule has 0 saturated carbocycles. The summed E-state index contributed by atoms with van der Waals surface area (Å²) in [6.07, 6.45) is 0. The minimum Gasteiger partial charge on any atom is -0.494 e. The molecular formula is C13H19N3O. The van der Waals surface area contributed by atoms with E-state index in [1.807, 2.05) is 19.1 Å². The van der Waals surface area contributed by atoms with Gasteiger partial charge < -0.3 is 15.4 Å². The van der Waals surface area contributed by atoms with Crippen molar-refractivity contribution in [2.24, 2.45) is 4.99 Å². The molecule has 4 nitrogen and oxygen atoms in total. The van der Waals surface area contributed by atoms with Crippen molar-refractivity contribution in [1.82, 2.24) is 10.6 Å². The van der Waals surface area contributed by atoms with Gasteiger partial charge >= 0.3 is 0 Å². The zero-order valence-corrected chi connectivity index (χ0v) is 10.4. The minimum atomic E-state index is 0.437. The molecule has 1 unspecified atom stereocenters. The van der Waals surface area contributed by atoms with Gasteiger partial charge in [0.2, 0.25) is 0 Å². The van der Waals surface area contributed by atoms with Crippen LogP contribution in [0.25, 0.3) is 0 Å². The first-order chi connectivity index (χ1) is 8.28. The third-order valence-corrected chi connectivity index (χ3v) is 2.58. The van der Waals surface area contributed by atoms with Crippen LogP contribution in [0.4, 0.5) is 0 Å². The largest absolute Gasteiger partial charge is 0.494 e. The lowest BCUT2D eigenvalue weighted by atomic mass is 10.2. The summed E-state index contributed by atoms with van der Waals surface area (Å²) in [5.41, 5.74) is 1.19. The van der Waals surface area contributed by atoms with Crippen LogP contribution in [0.3, 0.4) is 0 Å². The Labute approximate surface area is 102 Å². The second kappa shape index (κ2) is 5.57. The molecule has 0 bridgehead atoms. The number of rotatable bonds is 4. The highest BCUT2D eigenvalue weighted by atomic mass is 16.5. The first-order valence-corrected chi connectivity index (χ1v) is 6.04. The van der Waals surface area contributed by atoms with E-state index in [0.29, 0.717) is 12.6 Å². The number of nitrogens with one attached hydrogen (secondary N) is 2. The molecule has 1 aliphatic rings. The van der Waals surface area contributed by atoms with Crippen molar-refractivity contribution < 1.29 is 4.74 Å². The van der Waals surface area contributed by atoms with E-state index in [0.717, 1.165) is 24.8 Å². The Morgan fingerprint density at radius 1 is 1.53 bits per heavy atom. The molecule has 0 fully saturated rings. The van der Waals surface area contributed by atoms with E-state index >= 15 is 0 Å². The van der Waals surface area contributed by atoms with E-state index < -0.39 is 0 Å². The quantitative estimate of drug-likeness (QED) is 0.829. The Morgan fingerprint density at radius 2 is 2.41 bits per heavy atom. The predicted octanol–water partition coefficient (Wildman–Crippen LogP) is 1.52. The average Bonchev–Trinajstić information content (AvgIpc) is 2.74. The molecule has 92 valence electrons. The SMILES string of the molecule is CCOc1cccc(CNC2=NCC(C)N2)c1. The van der Waals surface area contributed by atoms with Gasteiger partial charge in [-0.1, -0.05) is 12.1 Å². The van der Waals surface area contributed by atoms with Crippen molar-refractivity contribution in [1.29, 1.82) is 0 Å². The molecule has 0 saturated heterocycles. The molecule has 0 spiro atoms. The average molecular weight is 233 g/mol. The number of benzene rings is 1. The van der Waals surface area contributed by atoms with Crippen LogP contribution in [0.1, 0.15) is 19.4 Å². The van der Waals surface area contributed by atoms with Crippen molar-refractivity contribution >= 4 is 5.96 Å². The van der Waals surface area contributed by atoms with Crippen molar-refractivity contribution in [2.45, 2.75) is 26.4 Å². The normalized spacial score (nSPS) is 18.5. The summed E-state index contributed by atoms with van der Waals surface area (Å²) >= 11 is 0. The molecule has 0 aliphatic carbocycles. The van der Waals surface area contributed by atoms with Crippen LogP contribution in [-0.2, 0) is 6.54 Å². The van der Waals surface area contributed by atoms with Gasteiger partial charge in [-0.15, -0.1) is 0 Å². The van der Waals surface area contributed by atoms with Gasteiger partial charge in [0.05, 0.1) is 13.2 Å². The maximum absolute atomic E-state index is 5.46. The van der Waals surface area contributed by atoms with E-state index in [4.69, 9.17) is 4.74 Å². The summed E-state index contributed by atoms with van der Waals surface area (Å²) in [4.78, 5) is 4.35. The molecule has 17 heavy (non-hydrogen) atoms. The number of hydrogen-bond donors (Lipinski definition) is 2. The van der Waals surface area contributed by atoms with Gasteiger partial charge in [-0.2, -0.15) is 0 Å². The fourth-order valence-electron chi connectivity index (χ4n) is 1.76. The van der Waals surface area contributed by atoms with Gasteiger partial charge in [0.25, 0.3) is 0 Å². The van der Waals surface area contributed by atoms with Gasteiger partial charge in [-0.25, -0.2) is 0 Å². The van der Waals surface area contributed by atoms with Crippen LogP contribution in [0.5, 0.6) is 5.75 Å². The first-order valence-electron chi connectivity index (χ1n) is 6.04. The first kappa shape index (κ1) is 11.8. The van der Waals surface area contributed by atoms with Crippen LogP contribution < -0.4 is 15.4 Å². The maximum atomic E-state index is 5.46. The topological polar surface area (TPSA) is 45.6 Å². The molecule has 0 aromatic heterocycles. The van der Waals surface area contributed by atoms with Crippen molar-refractivity contribution in [3.63, 3.8) is 0 Å². The molecule has 1 heterocycles. The van der Waals surface area contributed by atoms with E-state index in [2.05, 4.69) is 34.7 Å². The number of aliphatic imine (C=N–C) groups is 1. The summed E-state index contributed by atoms with van der Waals surface area (Å²) in [5, 5.41) is 6.55. The Kier molecular flexibility index (Phi) is 3.85. The summed E-state index contributed by atoms with van der Waals surface area (Å²) in [7, 11) is 0. The monoisotopic (exact) mass is 233 g/mol. The molecule has 2 N–H and O–H groups in total. The van der Waals surface area contributed by atoms with Crippen molar-refractivity contribution in [2.75, 3.05) is 13.2 Å². The van der Waals surface area contributed by atoms with E-state index in [1.165, 1.54) is 5.56 Å². The molecule has 4 heteroatoms. The zero-order chi connectivity index (χ0) is 12.1. The number of hydrogen-bond acceptors (Lipinski definition) is 4. The lowest BCUT2D eigenvalue weighted by Crippen LogP contribution is -2.37. The fraction of sp³-hybridized carbons (Fsp3) is 0.462. The highest BCUT2D eigenvalue weighted by molar-refractivity contribution is 5.81. The van der Waals surface area contributed by atoms with Crippen LogP contribution >= 0.6 is 0 Å². The Balaban J connectivity index is 1.88. The van der Waals surface area contributed by atoms with Gasteiger partial charge in [-0.05, 0) is 31.5 Å². The molecule has 0 radical (unpaired) electrons. The Bertz CT molecular complexity index is 403. The van der Waals surface area contributed by atoms with Gasteiger partial charge in [-0.3, -0.25) is 4.99 Å². The Morgan fingerprint density at radius 3 is 3.12 bits per heavy atom. The summed E-state index contributed by atoms with van der Waals surface area (Å²) in [6.45, 7) is 6.42. The van der Waals surface area contributed by atoms with Crippen molar-refractivity contribution in [3.05, 3.63) is 29.8 Å². The number of nitrogens with zero attached hydrogens (tertiary/aromatic N) is 1. The second-order valence-electron chi connectivity index (χ2n) is 4.17. The third kappa shape index (κ3) is 3.37. The highest BCUT2D eigenvalue weighted by Crippen LogP contribution is 2.13. The van der Waals surface area contributed by atoms with E-state index in [-0.39, 0.29) is 0 Å². The smallest absolute Gasteiger partial charge is 0.191 e. The van der Waals surface area contributed by atoms with Crippen LogP contribution in [-0.4, -0.2) is 25.2 Å². The third-order valence-electron chi connectivity index (χ3n) is 2.58. The van der Waals surface area contributed by atoms with E-state index in [9.17, 15) is 0 Å². The molecule has 0 amide bonds. The van der Waals surface area contributed by atoms with Crippen LogP contribution in [0.2, 0.25) is 0 Å². The van der Waals surface area contributed by atoms with Crippen LogP contribution in [0, 0.1) is 0 Å². The molecule has 1 aromatic carbocycles. The van der Waals surface area contributed by atoms with Gasteiger partial charge in [0.1, 0.15) is 5.75 Å². The van der Waals surface area contributed by atoms with Crippen LogP contribution in [0.15, 0.2) is 29.3 Å². The highest BCUT2D eigenvalue weighted by Gasteiger charge is 2.11. The second-order valence-corrected chi connectivity index (χ2v) is 4.17. The summed E-state index contributed by atoms with van der Waals surface area (Å²) in [6, 6.07) is 8.55. The molecule has 1 atom stereocenters. The Hall–Kier alpha value is -1.71. The molecule has 2 rings (SSSR count). The summed E-state index contributed by atoms with van der Waals surface area (Å²) < 4.78 is 5.46. The predicted molar refractivity (Wildman–Crippen MR) is 69.4 cm³/mol. The lowest BCUT2D eigenvalue weighted by Gasteiger charge is -2.10. The molecule has 1 aliphatic heterocycles. The number of ether oxygens (including phenoxy) is 1. The van der Waals surface area contributed by atoms with E-state index in [1.54, 1.807) is 0 Å². The number of guanidine groups is 1. The zero-order valence-electron chi connectivity index (χ0n) is 10.4.